The molecule has 1 aromatic rings. The van der Waals surface area contributed by atoms with Crippen molar-refractivity contribution in [2.24, 2.45) is 5.92 Å². The van der Waals surface area contributed by atoms with Crippen LogP contribution in [0.5, 0.6) is 0 Å². The lowest BCUT2D eigenvalue weighted by atomic mass is 9.88. The Morgan fingerprint density at radius 2 is 2.47 bits per heavy atom. The highest BCUT2D eigenvalue weighted by molar-refractivity contribution is 7.10. The van der Waals surface area contributed by atoms with Crippen molar-refractivity contribution in [3.05, 3.63) is 21.4 Å². The Morgan fingerprint density at radius 3 is 3.20 bits per heavy atom. The molecular weight excluding hydrogens is 208 g/mol. The standard InChI is InChI=1S/C12H16O2S/c1-3-14-12(13)10-7-15-11-6-8(2)4-5-9(10)11/h7-8H,3-6H2,1-2H3/t8-/m0/s1. The molecule has 1 aromatic heterocycles. The SMILES string of the molecule is CCOC(=O)c1csc2c1CC[C@H](C)C2. The molecule has 15 heavy (non-hydrogen) atoms. The van der Waals surface area contributed by atoms with Crippen molar-refractivity contribution in [1.82, 2.24) is 0 Å². The maximum Gasteiger partial charge on any atom is 0.339 e. The number of ether oxygens (including phenoxy) is 1. The van der Waals surface area contributed by atoms with E-state index in [-0.39, 0.29) is 5.97 Å². The summed E-state index contributed by atoms with van der Waals surface area (Å²) in [5.41, 5.74) is 2.06. The minimum Gasteiger partial charge on any atom is -0.462 e. The quantitative estimate of drug-likeness (QED) is 0.722. The summed E-state index contributed by atoms with van der Waals surface area (Å²) in [6.45, 7) is 4.57. The van der Waals surface area contributed by atoms with E-state index in [4.69, 9.17) is 4.74 Å². The molecule has 1 atom stereocenters. The molecule has 82 valence electrons. The minimum absolute atomic E-state index is 0.149. The van der Waals surface area contributed by atoms with E-state index in [0.717, 1.165) is 24.3 Å². The largest absolute Gasteiger partial charge is 0.462 e. The van der Waals surface area contributed by atoms with Gasteiger partial charge in [-0.1, -0.05) is 6.92 Å². The van der Waals surface area contributed by atoms with Crippen LogP contribution in [0.2, 0.25) is 0 Å². The molecule has 0 spiro atoms. The molecule has 0 unspecified atom stereocenters. The van der Waals surface area contributed by atoms with E-state index in [1.807, 2.05) is 12.3 Å². The number of carbonyl (C=O) groups is 1. The third-order valence-corrected chi connectivity index (χ3v) is 3.95. The van der Waals surface area contributed by atoms with Gasteiger partial charge in [-0.3, -0.25) is 0 Å². The molecule has 0 aromatic carbocycles. The van der Waals surface area contributed by atoms with Gasteiger partial charge in [0.25, 0.3) is 0 Å². The lowest BCUT2D eigenvalue weighted by molar-refractivity contribution is 0.0525. The summed E-state index contributed by atoms with van der Waals surface area (Å²) in [4.78, 5) is 13.0. The predicted molar refractivity (Wildman–Crippen MR) is 61.5 cm³/mol. The minimum atomic E-state index is -0.149. The van der Waals surface area contributed by atoms with Crippen molar-refractivity contribution in [3.63, 3.8) is 0 Å². The van der Waals surface area contributed by atoms with E-state index >= 15 is 0 Å². The molecule has 2 rings (SSSR count). The first-order chi connectivity index (χ1) is 7.22. The van der Waals surface area contributed by atoms with E-state index in [9.17, 15) is 4.79 Å². The fourth-order valence-electron chi connectivity index (χ4n) is 2.06. The Kier molecular flexibility index (Phi) is 3.10. The number of hydrogen-bond acceptors (Lipinski definition) is 3. The van der Waals surface area contributed by atoms with Crippen LogP contribution in [0.3, 0.4) is 0 Å². The second-order valence-corrected chi connectivity index (χ2v) is 5.08. The number of esters is 1. The monoisotopic (exact) mass is 224 g/mol. The van der Waals surface area contributed by atoms with Crippen LogP contribution in [-0.4, -0.2) is 12.6 Å². The van der Waals surface area contributed by atoms with Crippen LogP contribution in [0, 0.1) is 5.92 Å². The van der Waals surface area contributed by atoms with E-state index in [0.29, 0.717) is 6.61 Å². The van der Waals surface area contributed by atoms with Crippen molar-refractivity contribution in [1.29, 1.82) is 0 Å². The smallest absolute Gasteiger partial charge is 0.339 e. The fraction of sp³-hybridized carbons (Fsp3) is 0.583. The van der Waals surface area contributed by atoms with Crippen molar-refractivity contribution < 1.29 is 9.53 Å². The number of carbonyl (C=O) groups excluding carboxylic acids is 1. The fourth-order valence-corrected chi connectivity index (χ4v) is 3.29. The molecule has 1 aliphatic carbocycles. The lowest BCUT2D eigenvalue weighted by Gasteiger charge is -2.18. The highest BCUT2D eigenvalue weighted by Crippen LogP contribution is 2.33. The second kappa shape index (κ2) is 4.35. The average Bonchev–Trinajstić information content (AvgIpc) is 2.60. The number of rotatable bonds is 2. The van der Waals surface area contributed by atoms with Gasteiger partial charge in [-0.2, -0.15) is 0 Å². The predicted octanol–water partition coefficient (Wildman–Crippen LogP) is 3.05. The molecule has 0 amide bonds. The van der Waals surface area contributed by atoms with Crippen molar-refractivity contribution >= 4 is 17.3 Å². The summed E-state index contributed by atoms with van der Waals surface area (Å²) in [6.07, 6.45) is 3.35. The molecule has 0 aliphatic heterocycles. The summed E-state index contributed by atoms with van der Waals surface area (Å²) in [5.74, 6) is 0.607. The Hall–Kier alpha value is -0.830. The van der Waals surface area contributed by atoms with Gasteiger partial charge in [0.1, 0.15) is 0 Å². The van der Waals surface area contributed by atoms with Gasteiger partial charge in [0.15, 0.2) is 0 Å². The molecule has 1 heterocycles. The molecule has 3 heteroatoms. The first-order valence-electron chi connectivity index (χ1n) is 5.48. The lowest BCUT2D eigenvalue weighted by Crippen LogP contribution is -2.13. The van der Waals surface area contributed by atoms with Crippen LogP contribution in [0.4, 0.5) is 0 Å². The molecule has 0 saturated carbocycles. The second-order valence-electron chi connectivity index (χ2n) is 4.12. The molecule has 0 saturated heterocycles. The Balaban J connectivity index is 2.24. The van der Waals surface area contributed by atoms with Crippen molar-refractivity contribution in [2.75, 3.05) is 6.61 Å². The van der Waals surface area contributed by atoms with E-state index in [2.05, 4.69) is 6.92 Å². The molecule has 0 N–H and O–H groups in total. The van der Waals surface area contributed by atoms with Crippen molar-refractivity contribution in [2.45, 2.75) is 33.1 Å². The van der Waals surface area contributed by atoms with Gasteiger partial charge in [-0.15, -0.1) is 11.3 Å². The van der Waals surface area contributed by atoms with Crippen LogP contribution >= 0.6 is 11.3 Å². The summed E-state index contributed by atoms with van der Waals surface area (Å²) in [5, 5.41) is 1.96. The maximum atomic E-state index is 11.6. The zero-order valence-corrected chi connectivity index (χ0v) is 10.0. The van der Waals surface area contributed by atoms with Crippen LogP contribution in [0.15, 0.2) is 5.38 Å². The maximum absolute atomic E-state index is 11.6. The Bertz CT molecular complexity index is 368. The van der Waals surface area contributed by atoms with Gasteiger partial charge in [0, 0.05) is 10.3 Å². The normalized spacial score (nSPS) is 19.7. The topological polar surface area (TPSA) is 26.3 Å². The molecule has 0 fully saturated rings. The zero-order valence-electron chi connectivity index (χ0n) is 9.21. The first-order valence-corrected chi connectivity index (χ1v) is 6.36. The molecule has 2 nitrogen and oxygen atoms in total. The molecular formula is C12H16O2S. The van der Waals surface area contributed by atoms with Gasteiger partial charge in [-0.05, 0) is 37.7 Å². The summed E-state index contributed by atoms with van der Waals surface area (Å²) in [7, 11) is 0. The number of hydrogen-bond donors (Lipinski definition) is 0. The Labute approximate surface area is 94.3 Å². The van der Waals surface area contributed by atoms with Gasteiger partial charge < -0.3 is 4.74 Å². The van der Waals surface area contributed by atoms with E-state index in [1.165, 1.54) is 16.9 Å². The van der Waals surface area contributed by atoms with Crippen LogP contribution < -0.4 is 0 Å². The number of fused-ring (bicyclic) bond motifs is 1. The zero-order chi connectivity index (χ0) is 10.8. The number of thiophene rings is 1. The molecule has 0 bridgehead atoms. The molecule has 0 radical (unpaired) electrons. The van der Waals surface area contributed by atoms with Crippen molar-refractivity contribution in [3.8, 4) is 0 Å². The highest BCUT2D eigenvalue weighted by atomic mass is 32.1. The van der Waals surface area contributed by atoms with E-state index in [1.54, 1.807) is 11.3 Å². The highest BCUT2D eigenvalue weighted by Gasteiger charge is 2.23. The van der Waals surface area contributed by atoms with Crippen LogP contribution in [-0.2, 0) is 17.6 Å². The van der Waals surface area contributed by atoms with Gasteiger partial charge >= 0.3 is 5.97 Å². The van der Waals surface area contributed by atoms with Gasteiger partial charge in [0.05, 0.1) is 12.2 Å². The van der Waals surface area contributed by atoms with Crippen LogP contribution in [0.25, 0.3) is 0 Å². The third-order valence-electron chi connectivity index (χ3n) is 2.90. The van der Waals surface area contributed by atoms with E-state index < -0.39 is 0 Å². The summed E-state index contributed by atoms with van der Waals surface area (Å²) >= 11 is 1.71. The summed E-state index contributed by atoms with van der Waals surface area (Å²) in [6, 6.07) is 0. The van der Waals surface area contributed by atoms with Crippen LogP contribution in [0.1, 0.15) is 41.1 Å². The molecule has 1 aliphatic rings. The van der Waals surface area contributed by atoms with Gasteiger partial charge in [-0.25, -0.2) is 4.79 Å². The summed E-state index contributed by atoms with van der Waals surface area (Å²) < 4.78 is 5.05. The third kappa shape index (κ3) is 2.07. The average molecular weight is 224 g/mol. The van der Waals surface area contributed by atoms with Gasteiger partial charge in [0.2, 0.25) is 0 Å². The first kappa shape index (κ1) is 10.7. The Morgan fingerprint density at radius 1 is 1.67 bits per heavy atom.